The molecule has 0 saturated carbocycles. The zero-order chi connectivity index (χ0) is 25.9. The summed E-state index contributed by atoms with van der Waals surface area (Å²) in [6.07, 6.45) is 2.25. The van der Waals surface area contributed by atoms with E-state index in [4.69, 9.17) is 18.9 Å². The maximum Gasteiger partial charge on any atom is 0.268 e. The zero-order valence-corrected chi connectivity index (χ0v) is 21.4. The molecular weight excluding hydrogens is 480 g/mol. The molecule has 0 aliphatic heterocycles. The summed E-state index contributed by atoms with van der Waals surface area (Å²) < 4.78 is 22.1. The molecule has 3 aromatic rings. The number of ether oxygens (including phenoxy) is 4. The van der Waals surface area contributed by atoms with Crippen molar-refractivity contribution in [3.05, 3.63) is 58.6 Å². The Hall–Kier alpha value is -4.10. The Morgan fingerprint density at radius 2 is 1.83 bits per heavy atom. The maximum atomic E-state index is 12.6. The first-order chi connectivity index (χ1) is 17.4. The van der Waals surface area contributed by atoms with Crippen molar-refractivity contribution >= 4 is 28.5 Å². The number of nitriles is 1. The zero-order valence-electron chi connectivity index (χ0n) is 20.6. The molecule has 10 heteroatoms. The molecule has 0 radical (unpaired) electrons. The molecule has 1 N–H and O–H groups in total. The average molecular weight is 509 g/mol. The van der Waals surface area contributed by atoms with Gasteiger partial charge in [-0.05, 0) is 41.8 Å². The number of methoxy groups -OCH3 is 2. The number of anilines is 1. The van der Waals surface area contributed by atoms with Gasteiger partial charge >= 0.3 is 0 Å². The van der Waals surface area contributed by atoms with E-state index in [0.717, 1.165) is 11.4 Å². The second-order valence-corrected chi connectivity index (χ2v) is 9.07. The third-order valence-electron chi connectivity index (χ3n) is 4.78. The van der Waals surface area contributed by atoms with Gasteiger partial charge in [0.25, 0.3) is 5.91 Å². The smallest absolute Gasteiger partial charge is 0.268 e. The molecule has 0 aliphatic rings. The van der Waals surface area contributed by atoms with Gasteiger partial charge in [0, 0.05) is 12.5 Å². The molecule has 1 amide bonds. The summed E-state index contributed by atoms with van der Waals surface area (Å²) in [6.45, 7) is 4.77. The Labute approximate surface area is 214 Å². The summed E-state index contributed by atoms with van der Waals surface area (Å²) in [5.74, 6) is 2.24. The average Bonchev–Trinajstić information content (AvgIpc) is 3.31. The topological polar surface area (TPSA) is 116 Å². The highest BCUT2D eigenvalue weighted by Crippen LogP contribution is 2.29. The summed E-state index contributed by atoms with van der Waals surface area (Å²) in [7, 11) is 3.12. The van der Waals surface area contributed by atoms with E-state index in [9.17, 15) is 10.1 Å². The van der Waals surface area contributed by atoms with Crippen LogP contribution in [0, 0.1) is 17.2 Å². The highest BCUT2D eigenvalue weighted by atomic mass is 32.1. The highest BCUT2D eigenvalue weighted by molar-refractivity contribution is 7.15. The van der Waals surface area contributed by atoms with Gasteiger partial charge in [0.05, 0.1) is 14.2 Å². The van der Waals surface area contributed by atoms with Gasteiger partial charge in [-0.2, -0.15) is 5.26 Å². The third-order valence-corrected chi connectivity index (χ3v) is 5.65. The molecule has 9 nitrogen and oxygen atoms in total. The molecule has 36 heavy (non-hydrogen) atoms. The van der Waals surface area contributed by atoms with Gasteiger partial charge in [0.15, 0.2) is 11.5 Å². The Kier molecular flexibility index (Phi) is 9.65. The van der Waals surface area contributed by atoms with Crippen LogP contribution in [0.25, 0.3) is 6.08 Å². The van der Waals surface area contributed by atoms with Crippen molar-refractivity contribution in [2.45, 2.75) is 20.3 Å². The minimum absolute atomic E-state index is 0.0713. The number of hydrogen-bond acceptors (Lipinski definition) is 9. The van der Waals surface area contributed by atoms with Crippen molar-refractivity contribution in [2.24, 2.45) is 5.92 Å². The number of nitrogens with zero attached hydrogens (tertiary/aromatic N) is 3. The summed E-state index contributed by atoms with van der Waals surface area (Å²) in [4.78, 5) is 12.6. The molecule has 0 unspecified atom stereocenters. The summed E-state index contributed by atoms with van der Waals surface area (Å²) in [5, 5.41) is 21.4. The predicted octanol–water partition coefficient (Wildman–Crippen LogP) is 4.76. The lowest BCUT2D eigenvalue weighted by molar-refractivity contribution is -0.112. The van der Waals surface area contributed by atoms with Gasteiger partial charge in [-0.1, -0.05) is 37.3 Å². The van der Waals surface area contributed by atoms with Crippen LogP contribution in [0.3, 0.4) is 0 Å². The minimum Gasteiger partial charge on any atom is -0.497 e. The summed E-state index contributed by atoms with van der Waals surface area (Å²) in [5.41, 5.74) is 0.536. The van der Waals surface area contributed by atoms with Gasteiger partial charge in [0.1, 0.15) is 41.4 Å². The number of carbonyl (C=O) groups is 1. The molecular formula is C26H28N4O5S. The molecule has 3 rings (SSSR count). The predicted molar refractivity (Wildman–Crippen MR) is 138 cm³/mol. The van der Waals surface area contributed by atoms with Crippen LogP contribution in [0.5, 0.6) is 23.0 Å². The van der Waals surface area contributed by atoms with Crippen molar-refractivity contribution in [3.8, 4) is 29.1 Å². The normalized spacial score (nSPS) is 11.1. The lowest BCUT2D eigenvalue weighted by Gasteiger charge is -2.12. The first-order valence-corrected chi connectivity index (χ1v) is 12.1. The molecule has 0 fully saturated rings. The molecule has 0 spiro atoms. The molecule has 0 bridgehead atoms. The van der Waals surface area contributed by atoms with Crippen LogP contribution in [0.15, 0.2) is 48.0 Å². The summed E-state index contributed by atoms with van der Waals surface area (Å²) >= 11 is 1.30. The molecule has 1 heterocycles. The van der Waals surface area contributed by atoms with Gasteiger partial charge in [-0.15, -0.1) is 10.2 Å². The van der Waals surface area contributed by atoms with Crippen LogP contribution < -0.4 is 24.3 Å². The number of hydrogen-bond donors (Lipinski definition) is 1. The fourth-order valence-corrected chi connectivity index (χ4v) is 4.06. The van der Waals surface area contributed by atoms with E-state index in [-0.39, 0.29) is 12.2 Å². The van der Waals surface area contributed by atoms with Crippen LogP contribution in [0.2, 0.25) is 0 Å². The largest absolute Gasteiger partial charge is 0.497 e. The Balaban J connectivity index is 1.60. The fraction of sp³-hybridized carbons (Fsp3) is 0.308. The van der Waals surface area contributed by atoms with Crippen LogP contribution in [-0.4, -0.2) is 43.5 Å². The van der Waals surface area contributed by atoms with E-state index in [0.29, 0.717) is 46.2 Å². The Bertz CT molecular complexity index is 1250. The van der Waals surface area contributed by atoms with Gasteiger partial charge in [0.2, 0.25) is 5.13 Å². The molecule has 2 aromatic carbocycles. The van der Waals surface area contributed by atoms with Crippen molar-refractivity contribution < 1.29 is 23.7 Å². The lowest BCUT2D eigenvalue weighted by Crippen LogP contribution is -2.13. The first kappa shape index (κ1) is 26.5. The van der Waals surface area contributed by atoms with E-state index in [1.165, 1.54) is 24.5 Å². The maximum absolute atomic E-state index is 12.6. The fourth-order valence-electron chi connectivity index (χ4n) is 3.11. The van der Waals surface area contributed by atoms with Crippen LogP contribution >= 0.6 is 11.3 Å². The number of nitrogens with one attached hydrogen (secondary N) is 1. The Morgan fingerprint density at radius 3 is 2.56 bits per heavy atom. The van der Waals surface area contributed by atoms with Crippen LogP contribution in [0.1, 0.15) is 24.4 Å². The lowest BCUT2D eigenvalue weighted by atomic mass is 10.1. The van der Waals surface area contributed by atoms with Crippen molar-refractivity contribution in [1.82, 2.24) is 10.2 Å². The molecule has 0 aliphatic carbocycles. The summed E-state index contributed by atoms with van der Waals surface area (Å²) in [6, 6.07) is 14.4. The highest BCUT2D eigenvalue weighted by Gasteiger charge is 2.14. The van der Waals surface area contributed by atoms with Crippen molar-refractivity contribution in [3.63, 3.8) is 0 Å². The van der Waals surface area contributed by atoms with Crippen molar-refractivity contribution in [1.29, 1.82) is 5.26 Å². The van der Waals surface area contributed by atoms with Crippen molar-refractivity contribution in [2.75, 3.05) is 32.8 Å². The quantitative estimate of drug-likeness (QED) is 0.212. The van der Waals surface area contributed by atoms with Gasteiger partial charge in [-0.3, -0.25) is 10.1 Å². The van der Waals surface area contributed by atoms with E-state index < -0.39 is 5.91 Å². The number of carbonyl (C=O) groups excluding carboxylic acids is 1. The van der Waals surface area contributed by atoms with E-state index in [2.05, 4.69) is 29.4 Å². The SMILES string of the molecule is COc1cccc(OCCOc2ccc(/C=C(/C#N)C(=O)Nc3nnc(CC(C)C)s3)cc2OC)c1. The van der Waals surface area contributed by atoms with Crippen LogP contribution in [-0.2, 0) is 11.2 Å². The second kappa shape index (κ2) is 13.1. The molecule has 1 aromatic heterocycles. The monoisotopic (exact) mass is 508 g/mol. The Morgan fingerprint density at radius 1 is 1.06 bits per heavy atom. The van der Waals surface area contributed by atoms with Gasteiger partial charge in [-0.25, -0.2) is 0 Å². The number of amides is 1. The molecule has 0 saturated heterocycles. The standard InChI is InChI=1S/C26H28N4O5S/c1-17(2)12-24-29-30-26(36-24)28-25(31)19(16-27)13-18-8-9-22(23(14-18)33-4)35-11-10-34-21-7-5-6-20(15-21)32-3/h5-9,13-15,17H,10-12H2,1-4H3,(H,28,30,31)/b19-13-. The van der Waals surface area contributed by atoms with Gasteiger partial charge < -0.3 is 18.9 Å². The van der Waals surface area contributed by atoms with E-state index in [1.54, 1.807) is 31.4 Å². The minimum atomic E-state index is -0.557. The molecule has 188 valence electrons. The van der Waals surface area contributed by atoms with Crippen LogP contribution in [0.4, 0.5) is 5.13 Å². The third kappa shape index (κ3) is 7.71. The number of rotatable bonds is 12. The van der Waals surface area contributed by atoms with E-state index >= 15 is 0 Å². The number of benzene rings is 2. The first-order valence-electron chi connectivity index (χ1n) is 11.2. The molecule has 0 atom stereocenters. The number of aromatic nitrogens is 2. The van der Waals surface area contributed by atoms with E-state index in [1.807, 2.05) is 24.3 Å². The second-order valence-electron chi connectivity index (χ2n) is 8.01.